The van der Waals surface area contributed by atoms with E-state index < -0.39 is 31.1 Å². The third kappa shape index (κ3) is 2.77. The maximum atomic E-state index is 11.7. The topological polar surface area (TPSA) is 85.3 Å². The summed E-state index contributed by atoms with van der Waals surface area (Å²) < 4.78 is 69.6. The smallest absolute Gasteiger partial charge is 0.258 e. The van der Waals surface area contributed by atoms with E-state index in [9.17, 15) is 33.8 Å². The van der Waals surface area contributed by atoms with Gasteiger partial charge in [-0.15, -0.1) is 7.77 Å². The van der Waals surface area contributed by atoms with E-state index >= 15 is 0 Å². The van der Waals surface area contributed by atoms with Crippen molar-refractivity contribution in [2.75, 3.05) is 0 Å². The zero-order chi connectivity index (χ0) is 10.2. The minimum absolute atomic E-state index is 3.12. The highest BCUT2D eigenvalue weighted by Gasteiger charge is 2.45. The van der Waals surface area contributed by atoms with Crippen molar-refractivity contribution >= 4 is 26.5 Å². The Kier molecular flexibility index (Phi) is 2.85. The van der Waals surface area contributed by atoms with Crippen LogP contribution in [0.25, 0.3) is 0 Å². The van der Waals surface area contributed by atoms with Gasteiger partial charge in [0.15, 0.2) is 0 Å². The third-order valence-corrected chi connectivity index (χ3v) is 3.47. The molecule has 0 aliphatic rings. The van der Waals surface area contributed by atoms with Crippen LogP contribution in [-0.2, 0) is 25.2 Å². The Morgan fingerprint density at radius 3 is 1.25 bits per heavy atom. The Hall–Kier alpha value is -0.640. The van der Waals surface area contributed by atoms with E-state index in [4.69, 9.17) is 0 Å². The maximum Gasteiger partial charge on any atom is 0.340 e. The summed E-state index contributed by atoms with van der Waals surface area (Å²) in [5, 5.41) is 0. The fraction of sp³-hybridized carbons (Fsp3) is 0.500. The summed E-state index contributed by atoms with van der Waals surface area (Å²) in [5.74, 6) is 0. The standard InChI is InChI=1S/C2HF3O5S2/c3-1(6)2(11(4,7)8)12(5,9)10/h2H. The molecule has 5 nitrogen and oxygen atoms in total. The van der Waals surface area contributed by atoms with E-state index in [-0.39, 0.29) is 0 Å². The zero-order valence-electron chi connectivity index (χ0n) is 5.07. The molecule has 0 rings (SSSR count). The molecule has 0 aromatic rings. The molecular weight excluding hydrogens is 225 g/mol. The van der Waals surface area contributed by atoms with Crippen LogP contribution in [0.1, 0.15) is 0 Å². The molecular formula is C2HF3O5S2. The molecule has 0 atom stereocenters. The van der Waals surface area contributed by atoms with E-state index in [1.54, 1.807) is 0 Å². The van der Waals surface area contributed by atoms with Crippen molar-refractivity contribution in [3.8, 4) is 0 Å². The first kappa shape index (κ1) is 11.4. The van der Waals surface area contributed by atoms with Gasteiger partial charge in [0, 0.05) is 0 Å². The Morgan fingerprint density at radius 1 is 1.00 bits per heavy atom. The van der Waals surface area contributed by atoms with E-state index in [0.717, 1.165) is 0 Å². The number of hydrogen-bond donors (Lipinski definition) is 0. The van der Waals surface area contributed by atoms with Gasteiger partial charge in [-0.3, -0.25) is 4.79 Å². The second kappa shape index (κ2) is 3.01. The summed E-state index contributed by atoms with van der Waals surface area (Å²) in [6.07, 6.45) is 0. The van der Waals surface area contributed by atoms with Crippen molar-refractivity contribution in [3.05, 3.63) is 0 Å². The van der Waals surface area contributed by atoms with Gasteiger partial charge in [-0.1, -0.05) is 0 Å². The highest BCUT2D eigenvalue weighted by Crippen LogP contribution is 2.15. The maximum absolute atomic E-state index is 11.7. The molecule has 0 aliphatic heterocycles. The predicted octanol–water partition coefficient (Wildman–Crippen LogP) is -0.593. The molecule has 10 heteroatoms. The zero-order valence-corrected chi connectivity index (χ0v) is 6.70. The van der Waals surface area contributed by atoms with Gasteiger partial charge >= 0.3 is 31.1 Å². The van der Waals surface area contributed by atoms with Crippen molar-refractivity contribution in [1.29, 1.82) is 0 Å². The summed E-state index contributed by atoms with van der Waals surface area (Å²) in [7, 11) is -12.2. The van der Waals surface area contributed by atoms with Crippen LogP contribution in [0.5, 0.6) is 0 Å². The van der Waals surface area contributed by atoms with Crippen LogP contribution in [0, 0.1) is 0 Å². The third-order valence-electron chi connectivity index (χ3n) is 0.697. The second-order valence-electron chi connectivity index (χ2n) is 1.59. The average molecular weight is 226 g/mol. The molecule has 0 amide bonds. The van der Waals surface area contributed by atoms with Crippen LogP contribution >= 0.6 is 0 Å². The fourth-order valence-corrected chi connectivity index (χ4v) is 1.90. The summed E-state index contributed by atoms with van der Waals surface area (Å²) in [6.45, 7) is 0. The van der Waals surface area contributed by atoms with Gasteiger partial charge in [0.05, 0.1) is 0 Å². The molecule has 0 unspecified atom stereocenters. The molecule has 72 valence electrons. The van der Waals surface area contributed by atoms with Crippen molar-refractivity contribution in [2.45, 2.75) is 4.58 Å². The first-order valence-electron chi connectivity index (χ1n) is 2.13. The Balaban J connectivity index is 5.42. The lowest BCUT2D eigenvalue weighted by molar-refractivity contribution is -0.127. The highest BCUT2D eigenvalue weighted by atomic mass is 32.3. The van der Waals surface area contributed by atoms with Gasteiger partial charge < -0.3 is 0 Å². The van der Waals surface area contributed by atoms with E-state index in [1.807, 2.05) is 0 Å². The monoisotopic (exact) mass is 226 g/mol. The molecule has 0 fully saturated rings. The quantitative estimate of drug-likeness (QED) is 0.600. The minimum atomic E-state index is -6.11. The van der Waals surface area contributed by atoms with Crippen LogP contribution in [-0.4, -0.2) is 27.5 Å². The van der Waals surface area contributed by atoms with Crippen molar-refractivity contribution in [1.82, 2.24) is 0 Å². The second-order valence-corrected chi connectivity index (χ2v) is 4.73. The molecule has 0 heterocycles. The van der Waals surface area contributed by atoms with Crippen LogP contribution in [0.3, 0.4) is 0 Å². The summed E-state index contributed by atoms with van der Waals surface area (Å²) in [5.41, 5.74) is 0. The molecule has 0 radical (unpaired) electrons. The first-order valence-corrected chi connectivity index (χ1v) is 5.02. The van der Waals surface area contributed by atoms with E-state index in [0.29, 0.717) is 0 Å². The van der Waals surface area contributed by atoms with Crippen molar-refractivity contribution in [3.63, 3.8) is 0 Å². The van der Waals surface area contributed by atoms with Gasteiger partial charge in [0.25, 0.3) is 0 Å². The average Bonchev–Trinajstić information content (AvgIpc) is 1.49. The molecule has 0 bridgehead atoms. The predicted molar refractivity (Wildman–Crippen MR) is 30.0 cm³/mol. The summed E-state index contributed by atoms with van der Waals surface area (Å²) in [4.78, 5) is 9.53. The minimum Gasteiger partial charge on any atom is -0.258 e. The Labute approximate surface area is 65.6 Å². The molecule has 0 saturated carbocycles. The van der Waals surface area contributed by atoms with E-state index in [2.05, 4.69) is 0 Å². The molecule has 12 heavy (non-hydrogen) atoms. The van der Waals surface area contributed by atoms with Crippen LogP contribution in [0.4, 0.5) is 12.2 Å². The number of carbonyl (C=O) groups is 1. The highest BCUT2D eigenvalue weighted by molar-refractivity contribution is 8.05. The molecule has 0 spiro atoms. The van der Waals surface area contributed by atoms with Gasteiger partial charge in [-0.25, -0.2) is 0 Å². The van der Waals surface area contributed by atoms with Crippen molar-refractivity contribution in [2.24, 2.45) is 0 Å². The summed E-state index contributed by atoms with van der Waals surface area (Å²) >= 11 is 0. The number of hydrogen-bond acceptors (Lipinski definition) is 5. The molecule has 0 aromatic carbocycles. The lowest BCUT2D eigenvalue weighted by Crippen LogP contribution is -2.30. The first-order chi connectivity index (χ1) is 5.07. The SMILES string of the molecule is O=C(F)C(S(=O)(=O)F)S(=O)(=O)F. The van der Waals surface area contributed by atoms with Gasteiger partial charge in [-0.2, -0.15) is 21.2 Å². The fourth-order valence-electron chi connectivity index (χ4n) is 0.359. The normalized spacial score (nSPS) is 13.3. The van der Waals surface area contributed by atoms with Crippen LogP contribution < -0.4 is 0 Å². The van der Waals surface area contributed by atoms with Crippen LogP contribution in [0.15, 0.2) is 0 Å². The Bertz CT molecular complexity index is 347. The lowest BCUT2D eigenvalue weighted by Gasteiger charge is -1.98. The number of carbonyl (C=O) groups excluding carboxylic acids is 1. The summed E-state index contributed by atoms with van der Waals surface area (Å²) in [6, 6.07) is -3.12. The largest absolute Gasteiger partial charge is 0.340 e. The Morgan fingerprint density at radius 2 is 1.25 bits per heavy atom. The number of halogens is 3. The van der Waals surface area contributed by atoms with E-state index in [1.165, 1.54) is 0 Å². The van der Waals surface area contributed by atoms with Gasteiger partial charge in [0.2, 0.25) is 0 Å². The molecule has 0 N–H and O–H groups in total. The lowest BCUT2D eigenvalue weighted by atomic mass is 10.9. The molecule has 0 aliphatic carbocycles. The molecule has 0 aromatic heterocycles. The van der Waals surface area contributed by atoms with Gasteiger partial charge in [0.1, 0.15) is 0 Å². The van der Waals surface area contributed by atoms with Crippen molar-refractivity contribution < 1.29 is 33.8 Å². The number of rotatable bonds is 3. The van der Waals surface area contributed by atoms with Crippen LogP contribution in [0.2, 0.25) is 0 Å². The van der Waals surface area contributed by atoms with Gasteiger partial charge in [-0.05, 0) is 0 Å². The molecule has 0 saturated heterocycles.